The number of hydrogen-bond donors (Lipinski definition) is 1. The van der Waals surface area contributed by atoms with Crippen LogP contribution in [0.25, 0.3) is 0 Å². The number of para-hydroxylation sites is 1. The average Bonchev–Trinajstić information content (AvgIpc) is 2.67. The van der Waals surface area contributed by atoms with Crippen molar-refractivity contribution in [1.82, 2.24) is 9.88 Å². The Kier molecular flexibility index (Phi) is 6.07. The molecule has 0 radical (unpaired) electrons. The lowest BCUT2D eigenvalue weighted by Crippen LogP contribution is -2.47. The van der Waals surface area contributed by atoms with Gasteiger partial charge in [0.15, 0.2) is 5.82 Å². The Balaban J connectivity index is 1.63. The van der Waals surface area contributed by atoms with Crippen molar-refractivity contribution >= 4 is 23.3 Å². The van der Waals surface area contributed by atoms with Crippen LogP contribution >= 0.6 is 0 Å². The van der Waals surface area contributed by atoms with Crippen LogP contribution in [0.15, 0.2) is 48.7 Å². The van der Waals surface area contributed by atoms with Crippen LogP contribution < -0.4 is 10.2 Å². The van der Waals surface area contributed by atoms with Crippen LogP contribution in [-0.2, 0) is 4.74 Å². The van der Waals surface area contributed by atoms with Crippen molar-refractivity contribution in [3.05, 3.63) is 48.7 Å². The molecule has 0 bridgehead atoms. The van der Waals surface area contributed by atoms with Crippen LogP contribution in [0.3, 0.4) is 0 Å². The van der Waals surface area contributed by atoms with Gasteiger partial charge >= 0.3 is 6.09 Å². The molecule has 1 saturated heterocycles. The molecule has 1 aromatic carbocycles. The minimum absolute atomic E-state index is 0.188. The van der Waals surface area contributed by atoms with Gasteiger partial charge in [-0.1, -0.05) is 18.2 Å². The van der Waals surface area contributed by atoms with E-state index < -0.39 is 5.60 Å². The van der Waals surface area contributed by atoms with Crippen molar-refractivity contribution in [3.8, 4) is 0 Å². The lowest BCUT2D eigenvalue weighted by molar-refractivity contribution is 0.0201. The van der Waals surface area contributed by atoms with Gasteiger partial charge in [0.2, 0.25) is 0 Å². The third kappa shape index (κ3) is 5.15. The number of benzene rings is 1. The third-order valence-electron chi connectivity index (χ3n) is 4.86. The minimum atomic E-state index is -0.472. The highest BCUT2D eigenvalue weighted by Gasteiger charge is 2.29. The molecule has 0 unspecified atom stereocenters. The SMILES string of the molecule is CN(C(=O)OC(C)(C)C)C1CCN(c2cccnc2Nc2ccccc2)CC1. The highest BCUT2D eigenvalue weighted by molar-refractivity contribution is 5.72. The smallest absolute Gasteiger partial charge is 0.410 e. The highest BCUT2D eigenvalue weighted by atomic mass is 16.6. The van der Waals surface area contributed by atoms with E-state index in [0.717, 1.165) is 43.1 Å². The van der Waals surface area contributed by atoms with Crippen molar-refractivity contribution in [3.63, 3.8) is 0 Å². The van der Waals surface area contributed by atoms with E-state index in [1.807, 2.05) is 64.2 Å². The Bertz CT molecular complexity index is 781. The quantitative estimate of drug-likeness (QED) is 0.833. The fraction of sp³-hybridized carbons (Fsp3) is 0.455. The van der Waals surface area contributed by atoms with Gasteiger partial charge in [-0.2, -0.15) is 0 Å². The summed E-state index contributed by atoms with van der Waals surface area (Å²) in [5.41, 5.74) is 1.63. The molecule has 2 heterocycles. The molecule has 0 saturated carbocycles. The van der Waals surface area contributed by atoms with Crippen molar-refractivity contribution < 1.29 is 9.53 Å². The van der Waals surface area contributed by atoms with E-state index in [-0.39, 0.29) is 12.1 Å². The number of rotatable bonds is 4. The fourth-order valence-corrected chi connectivity index (χ4v) is 3.38. The summed E-state index contributed by atoms with van der Waals surface area (Å²) < 4.78 is 5.50. The number of carbonyl (C=O) groups excluding carboxylic acids is 1. The molecule has 1 N–H and O–H groups in total. The lowest BCUT2D eigenvalue weighted by atomic mass is 10.0. The molecule has 28 heavy (non-hydrogen) atoms. The van der Waals surface area contributed by atoms with Crippen LogP contribution in [0.1, 0.15) is 33.6 Å². The Morgan fingerprint density at radius 2 is 1.82 bits per heavy atom. The summed E-state index contributed by atoms with van der Waals surface area (Å²) in [4.78, 5) is 20.9. The lowest BCUT2D eigenvalue weighted by Gasteiger charge is -2.38. The molecule has 6 nitrogen and oxygen atoms in total. The molecule has 1 aromatic heterocycles. The minimum Gasteiger partial charge on any atom is -0.444 e. The van der Waals surface area contributed by atoms with E-state index in [0.29, 0.717) is 0 Å². The van der Waals surface area contributed by atoms with E-state index in [2.05, 4.69) is 21.3 Å². The molecule has 0 atom stereocenters. The molecule has 150 valence electrons. The summed E-state index contributed by atoms with van der Waals surface area (Å²) in [7, 11) is 1.83. The summed E-state index contributed by atoms with van der Waals surface area (Å²) in [5.74, 6) is 0.854. The largest absolute Gasteiger partial charge is 0.444 e. The molecule has 3 rings (SSSR count). The Morgan fingerprint density at radius 3 is 2.46 bits per heavy atom. The molecule has 1 amide bonds. The summed E-state index contributed by atoms with van der Waals surface area (Å²) in [5, 5.41) is 3.41. The van der Waals surface area contributed by atoms with Crippen LogP contribution in [0, 0.1) is 0 Å². The van der Waals surface area contributed by atoms with Gasteiger partial charge in [-0.05, 0) is 57.9 Å². The van der Waals surface area contributed by atoms with Crippen molar-refractivity contribution in [2.75, 3.05) is 30.4 Å². The number of pyridine rings is 1. The Hall–Kier alpha value is -2.76. The number of nitrogens with zero attached hydrogens (tertiary/aromatic N) is 3. The van der Waals surface area contributed by atoms with E-state index in [4.69, 9.17) is 4.74 Å². The molecule has 0 spiro atoms. The average molecular weight is 383 g/mol. The molecule has 1 aliphatic heterocycles. The van der Waals surface area contributed by atoms with Gasteiger partial charge < -0.3 is 19.9 Å². The second-order valence-electron chi connectivity index (χ2n) is 8.17. The zero-order valence-corrected chi connectivity index (χ0v) is 17.2. The topological polar surface area (TPSA) is 57.7 Å². The molecule has 1 aliphatic rings. The first-order valence-corrected chi connectivity index (χ1v) is 9.81. The van der Waals surface area contributed by atoms with Crippen molar-refractivity contribution in [2.45, 2.75) is 45.3 Å². The van der Waals surface area contributed by atoms with Gasteiger partial charge in [-0.25, -0.2) is 9.78 Å². The first-order chi connectivity index (χ1) is 13.3. The van der Waals surface area contributed by atoms with Crippen molar-refractivity contribution in [1.29, 1.82) is 0 Å². The Morgan fingerprint density at radius 1 is 1.14 bits per heavy atom. The number of hydrogen-bond acceptors (Lipinski definition) is 5. The van der Waals surface area contributed by atoms with Gasteiger partial charge in [0.1, 0.15) is 5.60 Å². The normalized spacial score (nSPS) is 15.2. The zero-order chi connectivity index (χ0) is 20.1. The summed E-state index contributed by atoms with van der Waals surface area (Å²) in [6, 6.07) is 14.3. The maximum Gasteiger partial charge on any atom is 0.410 e. The second-order valence-corrected chi connectivity index (χ2v) is 8.17. The maximum atomic E-state index is 12.3. The predicted molar refractivity (Wildman–Crippen MR) is 113 cm³/mol. The number of amides is 1. The number of aromatic nitrogens is 1. The molecule has 0 aliphatic carbocycles. The van der Waals surface area contributed by atoms with Crippen LogP contribution in [0.4, 0.5) is 22.0 Å². The standard InChI is InChI=1S/C22H30N4O2/c1-22(2,3)28-21(27)25(4)18-12-15-26(16-13-18)19-11-8-14-23-20(19)24-17-9-6-5-7-10-17/h5-11,14,18H,12-13,15-16H2,1-4H3,(H,23,24). The number of anilines is 3. The first kappa shape index (κ1) is 20.0. The molecule has 2 aromatic rings. The van der Waals surface area contributed by atoms with Gasteiger partial charge in [0.25, 0.3) is 0 Å². The van der Waals surface area contributed by atoms with Crippen LogP contribution in [-0.4, -0.2) is 47.8 Å². The summed E-state index contributed by atoms with van der Waals surface area (Å²) in [6.07, 6.45) is 3.35. The number of nitrogens with one attached hydrogen (secondary N) is 1. The molecule has 6 heteroatoms. The van der Waals surface area contributed by atoms with Gasteiger partial charge in [0.05, 0.1) is 5.69 Å². The van der Waals surface area contributed by atoms with Gasteiger partial charge in [0, 0.05) is 38.1 Å². The van der Waals surface area contributed by atoms with E-state index in [1.54, 1.807) is 11.1 Å². The number of carbonyl (C=O) groups is 1. The van der Waals surface area contributed by atoms with E-state index in [9.17, 15) is 4.79 Å². The van der Waals surface area contributed by atoms with Crippen molar-refractivity contribution in [2.24, 2.45) is 0 Å². The zero-order valence-electron chi connectivity index (χ0n) is 17.2. The number of ether oxygens (including phenoxy) is 1. The second kappa shape index (κ2) is 8.50. The van der Waals surface area contributed by atoms with E-state index in [1.165, 1.54) is 0 Å². The monoisotopic (exact) mass is 382 g/mol. The predicted octanol–water partition coefficient (Wildman–Crippen LogP) is 4.66. The molecular weight excluding hydrogens is 352 g/mol. The molecule has 1 fully saturated rings. The maximum absolute atomic E-state index is 12.3. The van der Waals surface area contributed by atoms with Gasteiger partial charge in [-0.3, -0.25) is 0 Å². The number of piperidine rings is 1. The molecular formula is C22H30N4O2. The summed E-state index contributed by atoms with van der Waals surface area (Å²) >= 11 is 0. The van der Waals surface area contributed by atoms with E-state index >= 15 is 0 Å². The van der Waals surface area contributed by atoms with Crippen LogP contribution in [0.5, 0.6) is 0 Å². The summed E-state index contributed by atoms with van der Waals surface area (Å²) in [6.45, 7) is 7.42. The first-order valence-electron chi connectivity index (χ1n) is 9.81. The fourth-order valence-electron chi connectivity index (χ4n) is 3.38. The highest BCUT2D eigenvalue weighted by Crippen LogP contribution is 2.29. The Labute approximate surface area is 167 Å². The van der Waals surface area contributed by atoms with Crippen LogP contribution in [0.2, 0.25) is 0 Å². The van der Waals surface area contributed by atoms with Gasteiger partial charge in [-0.15, -0.1) is 0 Å². The third-order valence-corrected chi connectivity index (χ3v) is 4.86.